The summed E-state index contributed by atoms with van der Waals surface area (Å²) in [5, 5.41) is 0. The molecule has 0 saturated heterocycles. The average Bonchev–Trinajstić information content (AvgIpc) is 2.66. The molecule has 1 aliphatic heterocycles. The molecule has 2 amide bonds. The molecule has 1 aliphatic carbocycles. The Balaban J connectivity index is 1.55. The first-order valence-electron chi connectivity index (χ1n) is 9.38. The predicted octanol–water partition coefficient (Wildman–Crippen LogP) is 2.55. The fourth-order valence-electron chi connectivity index (χ4n) is 4.21. The third-order valence-corrected chi connectivity index (χ3v) is 5.67. The van der Waals surface area contributed by atoms with E-state index in [4.69, 9.17) is 5.73 Å². The van der Waals surface area contributed by atoms with Gasteiger partial charge in [-0.15, -0.1) is 0 Å². The molecule has 0 bridgehead atoms. The Bertz CT molecular complexity index is 859. The number of hydrogen-bond donors (Lipinski definition) is 1. The molecule has 0 aromatic heterocycles. The molecule has 4 rings (SSSR count). The van der Waals surface area contributed by atoms with Crippen LogP contribution < -0.4 is 5.73 Å². The number of carbonyl (C=O) groups excluding carboxylic acids is 2. The van der Waals surface area contributed by atoms with E-state index in [1.54, 1.807) is 4.90 Å². The molecule has 2 aliphatic rings. The van der Waals surface area contributed by atoms with Crippen molar-refractivity contribution in [2.75, 3.05) is 0 Å². The number of primary amides is 1. The fraction of sp³-hybridized carbons (Fsp3) is 0.364. The van der Waals surface area contributed by atoms with E-state index in [1.165, 1.54) is 24.0 Å². The summed E-state index contributed by atoms with van der Waals surface area (Å²) in [7, 11) is 0. The minimum Gasteiger partial charge on any atom is -0.368 e. The first kappa shape index (κ1) is 16.8. The molecule has 2 N–H and O–H groups in total. The van der Waals surface area contributed by atoms with Gasteiger partial charge in [-0.25, -0.2) is 0 Å². The van der Waals surface area contributed by atoms with Crippen LogP contribution in [-0.4, -0.2) is 22.8 Å². The number of aryl methyl sites for hydroxylation is 2. The van der Waals surface area contributed by atoms with E-state index in [1.807, 2.05) is 24.3 Å². The van der Waals surface area contributed by atoms with E-state index < -0.39 is 11.9 Å². The molecule has 4 heteroatoms. The van der Waals surface area contributed by atoms with Gasteiger partial charge in [-0.05, 0) is 53.5 Å². The summed E-state index contributed by atoms with van der Waals surface area (Å²) in [4.78, 5) is 26.6. The zero-order valence-corrected chi connectivity index (χ0v) is 14.9. The van der Waals surface area contributed by atoms with Crippen LogP contribution in [0.2, 0.25) is 0 Å². The van der Waals surface area contributed by atoms with Crippen molar-refractivity contribution in [2.45, 2.75) is 51.1 Å². The van der Waals surface area contributed by atoms with Gasteiger partial charge in [0.05, 0.1) is 6.42 Å². The van der Waals surface area contributed by atoms with Crippen molar-refractivity contribution in [3.05, 3.63) is 70.3 Å². The van der Waals surface area contributed by atoms with Crippen LogP contribution in [0.5, 0.6) is 0 Å². The lowest BCUT2D eigenvalue weighted by atomic mass is 9.89. The summed E-state index contributed by atoms with van der Waals surface area (Å²) in [6, 6.07) is 13.8. The number of nitrogens with zero attached hydrogens (tertiary/aromatic N) is 1. The minimum absolute atomic E-state index is 0.0286. The molecule has 2 aromatic rings. The molecule has 0 unspecified atom stereocenters. The third-order valence-electron chi connectivity index (χ3n) is 5.67. The van der Waals surface area contributed by atoms with Crippen molar-refractivity contribution in [1.82, 2.24) is 4.90 Å². The lowest BCUT2D eigenvalue weighted by Gasteiger charge is -2.35. The summed E-state index contributed by atoms with van der Waals surface area (Å²) < 4.78 is 0. The molecule has 1 atom stereocenters. The Labute approximate surface area is 154 Å². The molecular weight excluding hydrogens is 324 g/mol. The number of nitrogens with two attached hydrogens (primary N) is 1. The van der Waals surface area contributed by atoms with Gasteiger partial charge in [0.15, 0.2) is 0 Å². The topological polar surface area (TPSA) is 63.4 Å². The first-order chi connectivity index (χ1) is 12.6. The van der Waals surface area contributed by atoms with Crippen molar-refractivity contribution in [1.29, 1.82) is 0 Å². The molecule has 4 nitrogen and oxygen atoms in total. The minimum atomic E-state index is -0.560. The van der Waals surface area contributed by atoms with E-state index in [0.717, 1.165) is 29.5 Å². The highest BCUT2D eigenvalue weighted by Crippen LogP contribution is 2.26. The highest BCUT2D eigenvalue weighted by Gasteiger charge is 2.33. The van der Waals surface area contributed by atoms with Crippen molar-refractivity contribution in [3.63, 3.8) is 0 Å². The molecule has 0 spiro atoms. The highest BCUT2D eigenvalue weighted by molar-refractivity contribution is 5.88. The van der Waals surface area contributed by atoms with Crippen LogP contribution in [0.1, 0.15) is 40.7 Å². The van der Waals surface area contributed by atoms with Crippen molar-refractivity contribution in [2.24, 2.45) is 5.73 Å². The Morgan fingerprint density at radius 1 is 0.962 bits per heavy atom. The standard InChI is InChI=1S/C22H24N2O2/c23-22(26)20-13-18-7-3-4-8-19(18)14-24(20)21(25)12-15-9-10-16-5-1-2-6-17(16)11-15/h3-4,7-11,20H,1-2,5-6,12-14H2,(H2,23,26)/t20-/m0/s1. The second-order valence-corrected chi connectivity index (χ2v) is 7.40. The predicted molar refractivity (Wildman–Crippen MR) is 100 cm³/mol. The van der Waals surface area contributed by atoms with Gasteiger partial charge in [-0.2, -0.15) is 0 Å². The molecule has 0 radical (unpaired) electrons. The zero-order chi connectivity index (χ0) is 18.1. The Hall–Kier alpha value is -2.62. The van der Waals surface area contributed by atoms with Gasteiger partial charge in [0.1, 0.15) is 6.04 Å². The fourth-order valence-corrected chi connectivity index (χ4v) is 4.21. The van der Waals surface area contributed by atoms with Gasteiger partial charge in [-0.3, -0.25) is 9.59 Å². The maximum atomic E-state index is 13.0. The van der Waals surface area contributed by atoms with Gasteiger partial charge >= 0.3 is 0 Å². The number of rotatable bonds is 3. The molecule has 1 heterocycles. The van der Waals surface area contributed by atoms with E-state index >= 15 is 0 Å². The van der Waals surface area contributed by atoms with E-state index in [0.29, 0.717) is 19.4 Å². The Kier molecular flexibility index (Phi) is 4.49. The maximum absolute atomic E-state index is 13.0. The van der Waals surface area contributed by atoms with Crippen LogP contribution in [-0.2, 0) is 41.8 Å². The smallest absolute Gasteiger partial charge is 0.240 e. The van der Waals surface area contributed by atoms with Crippen LogP contribution in [0.3, 0.4) is 0 Å². The second-order valence-electron chi connectivity index (χ2n) is 7.40. The van der Waals surface area contributed by atoms with Gasteiger partial charge in [0.2, 0.25) is 11.8 Å². The largest absolute Gasteiger partial charge is 0.368 e. The number of fused-ring (bicyclic) bond motifs is 2. The summed E-state index contributed by atoms with van der Waals surface area (Å²) in [5.41, 5.74) is 11.6. The zero-order valence-electron chi connectivity index (χ0n) is 14.9. The van der Waals surface area contributed by atoms with Crippen LogP contribution in [0.4, 0.5) is 0 Å². The van der Waals surface area contributed by atoms with Gasteiger partial charge in [0, 0.05) is 13.0 Å². The highest BCUT2D eigenvalue weighted by atomic mass is 16.2. The van der Waals surface area contributed by atoms with E-state index in [2.05, 4.69) is 18.2 Å². The van der Waals surface area contributed by atoms with Crippen LogP contribution in [0.15, 0.2) is 42.5 Å². The van der Waals surface area contributed by atoms with Crippen LogP contribution in [0.25, 0.3) is 0 Å². The Morgan fingerprint density at radius 2 is 1.69 bits per heavy atom. The summed E-state index contributed by atoms with van der Waals surface area (Å²) in [6.07, 6.45) is 5.52. The summed E-state index contributed by atoms with van der Waals surface area (Å²) in [6.45, 7) is 0.452. The molecule has 26 heavy (non-hydrogen) atoms. The number of amides is 2. The van der Waals surface area contributed by atoms with Gasteiger partial charge in [0.25, 0.3) is 0 Å². The van der Waals surface area contributed by atoms with Crippen molar-refractivity contribution >= 4 is 11.8 Å². The van der Waals surface area contributed by atoms with Crippen LogP contribution >= 0.6 is 0 Å². The monoisotopic (exact) mass is 348 g/mol. The number of carbonyl (C=O) groups is 2. The molecule has 2 aromatic carbocycles. The van der Waals surface area contributed by atoms with Gasteiger partial charge in [-0.1, -0.05) is 42.5 Å². The molecule has 0 saturated carbocycles. The number of benzene rings is 2. The summed E-state index contributed by atoms with van der Waals surface area (Å²) in [5.74, 6) is -0.461. The van der Waals surface area contributed by atoms with E-state index in [-0.39, 0.29) is 5.91 Å². The maximum Gasteiger partial charge on any atom is 0.240 e. The third kappa shape index (κ3) is 3.24. The van der Waals surface area contributed by atoms with Crippen LogP contribution in [0, 0.1) is 0 Å². The molecular formula is C22H24N2O2. The van der Waals surface area contributed by atoms with E-state index in [9.17, 15) is 9.59 Å². The van der Waals surface area contributed by atoms with Gasteiger partial charge < -0.3 is 10.6 Å². The van der Waals surface area contributed by atoms with Crippen molar-refractivity contribution < 1.29 is 9.59 Å². The lowest BCUT2D eigenvalue weighted by molar-refractivity contribution is -0.140. The normalized spacial score (nSPS) is 18.8. The lowest BCUT2D eigenvalue weighted by Crippen LogP contribution is -2.51. The number of hydrogen-bond acceptors (Lipinski definition) is 2. The quantitative estimate of drug-likeness (QED) is 0.926. The second kappa shape index (κ2) is 6.94. The average molecular weight is 348 g/mol. The SMILES string of the molecule is NC(=O)[C@@H]1Cc2ccccc2CN1C(=O)Cc1ccc2c(c1)CCCC2. The van der Waals surface area contributed by atoms with Crippen molar-refractivity contribution in [3.8, 4) is 0 Å². The molecule has 0 fully saturated rings. The summed E-state index contributed by atoms with van der Waals surface area (Å²) >= 11 is 0. The molecule has 134 valence electrons. The Morgan fingerprint density at radius 3 is 2.46 bits per heavy atom. The first-order valence-corrected chi connectivity index (χ1v) is 9.38.